The van der Waals surface area contributed by atoms with Gasteiger partial charge in [-0.25, -0.2) is 4.79 Å². The maximum Gasteiger partial charge on any atom is 0.330 e. The summed E-state index contributed by atoms with van der Waals surface area (Å²) in [6, 6.07) is 0. The first-order valence-electron chi connectivity index (χ1n) is 7.58. The maximum atomic E-state index is 12.0. The fourth-order valence-electron chi connectivity index (χ4n) is 3.09. The lowest BCUT2D eigenvalue weighted by molar-refractivity contribution is -0.145. The molecule has 2 rings (SSSR count). The second kappa shape index (κ2) is 6.53. The Morgan fingerprint density at radius 2 is 2.15 bits per heavy atom. The Bertz CT molecular complexity index is 401. The first-order valence-corrected chi connectivity index (χ1v) is 7.58. The Balaban J connectivity index is 1.91. The summed E-state index contributed by atoms with van der Waals surface area (Å²) < 4.78 is 11.0. The summed E-state index contributed by atoms with van der Waals surface area (Å²) in [6.07, 6.45) is 6.00. The zero-order valence-electron chi connectivity index (χ0n) is 12.5. The van der Waals surface area contributed by atoms with Gasteiger partial charge in [-0.2, -0.15) is 0 Å². The van der Waals surface area contributed by atoms with Crippen LogP contribution in [0, 0.1) is 17.8 Å². The van der Waals surface area contributed by atoms with Crippen LogP contribution in [0.2, 0.25) is 0 Å². The zero-order chi connectivity index (χ0) is 14.7. The molecule has 0 radical (unpaired) electrons. The Morgan fingerprint density at radius 3 is 2.85 bits per heavy atom. The zero-order valence-corrected chi connectivity index (χ0v) is 12.5. The molecule has 4 nitrogen and oxygen atoms in total. The summed E-state index contributed by atoms with van der Waals surface area (Å²) in [5.74, 6) is 0.00731. The average molecular weight is 280 g/mol. The summed E-state index contributed by atoms with van der Waals surface area (Å²) in [5, 5.41) is 0. The highest BCUT2D eigenvalue weighted by Gasteiger charge is 2.49. The third kappa shape index (κ3) is 3.11. The molecule has 0 saturated carbocycles. The molecule has 112 valence electrons. The van der Waals surface area contributed by atoms with E-state index in [9.17, 15) is 9.59 Å². The lowest BCUT2D eigenvalue weighted by Gasteiger charge is -2.31. The molecule has 2 fully saturated rings. The largest absolute Gasteiger partial charge is 0.463 e. The minimum atomic E-state index is -0.299. The van der Waals surface area contributed by atoms with Gasteiger partial charge in [-0.3, -0.25) is 4.79 Å². The summed E-state index contributed by atoms with van der Waals surface area (Å²) in [4.78, 5) is 23.6. The monoisotopic (exact) mass is 280 g/mol. The highest BCUT2D eigenvalue weighted by molar-refractivity contribution is 5.85. The third-order valence-corrected chi connectivity index (χ3v) is 4.43. The smallest absolute Gasteiger partial charge is 0.330 e. The molecule has 0 N–H and O–H groups in total. The number of hydrogen-bond acceptors (Lipinski definition) is 4. The van der Waals surface area contributed by atoms with Crippen molar-refractivity contribution in [1.82, 2.24) is 0 Å². The van der Waals surface area contributed by atoms with Gasteiger partial charge in [0, 0.05) is 23.8 Å². The maximum absolute atomic E-state index is 12.0. The van der Waals surface area contributed by atoms with Crippen LogP contribution in [-0.2, 0) is 19.1 Å². The summed E-state index contributed by atoms with van der Waals surface area (Å²) in [6.45, 7) is 6.38. The van der Waals surface area contributed by atoms with Crippen molar-refractivity contribution in [2.24, 2.45) is 17.8 Å². The Morgan fingerprint density at radius 1 is 1.40 bits per heavy atom. The summed E-state index contributed by atoms with van der Waals surface area (Å²) >= 11 is 0. The molecule has 2 aliphatic rings. The number of ketones is 1. The van der Waals surface area contributed by atoms with Crippen LogP contribution in [0.4, 0.5) is 0 Å². The second-order valence-electron chi connectivity index (χ2n) is 5.90. The van der Waals surface area contributed by atoms with E-state index in [2.05, 4.69) is 6.92 Å². The van der Waals surface area contributed by atoms with Crippen LogP contribution in [0.1, 0.15) is 40.0 Å². The molecule has 0 amide bonds. The van der Waals surface area contributed by atoms with Gasteiger partial charge in [0.25, 0.3) is 0 Å². The Hall–Kier alpha value is -1.16. The molecule has 4 heteroatoms. The van der Waals surface area contributed by atoms with Crippen molar-refractivity contribution in [2.45, 2.75) is 52.2 Å². The first kappa shape index (κ1) is 15.2. The van der Waals surface area contributed by atoms with Crippen molar-refractivity contribution in [3.05, 3.63) is 12.2 Å². The highest BCUT2D eigenvalue weighted by atomic mass is 16.5. The fraction of sp³-hybridized carbons (Fsp3) is 0.750. The molecule has 0 aromatic heterocycles. The number of esters is 1. The van der Waals surface area contributed by atoms with Crippen LogP contribution in [-0.4, -0.2) is 30.6 Å². The predicted molar refractivity (Wildman–Crippen MR) is 75.1 cm³/mol. The molecule has 2 aliphatic heterocycles. The number of unbranched alkanes of at least 4 members (excludes halogenated alkanes) is 1. The van der Waals surface area contributed by atoms with Crippen molar-refractivity contribution in [3.63, 3.8) is 0 Å². The van der Waals surface area contributed by atoms with Gasteiger partial charge in [-0.05, 0) is 12.8 Å². The predicted octanol–water partition coefficient (Wildman–Crippen LogP) is 2.51. The van der Waals surface area contributed by atoms with Crippen LogP contribution in [0.3, 0.4) is 0 Å². The van der Waals surface area contributed by atoms with E-state index in [4.69, 9.17) is 9.47 Å². The van der Waals surface area contributed by atoms with Gasteiger partial charge >= 0.3 is 5.97 Å². The van der Waals surface area contributed by atoms with Gasteiger partial charge in [0.15, 0.2) is 0 Å². The van der Waals surface area contributed by atoms with E-state index in [1.807, 2.05) is 19.9 Å². The van der Waals surface area contributed by atoms with Gasteiger partial charge in [0.1, 0.15) is 5.78 Å². The number of carbonyl (C=O) groups is 2. The van der Waals surface area contributed by atoms with Crippen LogP contribution in [0.25, 0.3) is 0 Å². The lowest BCUT2D eigenvalue weighted by Crippen LogP contribution is -2.41. The summed E-state index contributed by atoms with van der Waals surface area (Å²) in [7, 11) is 0. The number of Topliss-reactive ketones (excluding diaryl/α,β-unsaturated/α-hetero) is 1. The molecule has 5 atom stereocenters. The van der Waals surface area contributed by atoms with E-state index in [1.165, 1.54) is 6.08 Å². The van der Waals surface area contributed by atoms with Crippen molar-refractivity contribution in [1.29, 1.82) is 0 Å². The first-order chi connectivity index (χ1) is 9.54. The van der Waals surface area contributed by atoms with E-state index in [-0.39, 0.29) is 41.7 Å². The number of rotatable bonds is 5. The van der Waals surface area contributed by atoms with E-state index in [0.29, 0.717) is 6.61 Å². The molecule has 2 heterocycles. The number of fused-ring (bicyclic) bond motifs is 2. The topological polar surface area (TPSA) is 52.6 Å². The van der Waals surface area contributed by atoms with Crippen molar-refractivity contribution in [2.75, 3.05) is 6.61 Å². The molecule has 20 heavy (non-hydrogen) atoms. The normalized spacial score (nSPS) is 36.5. The highest BCUT2D eigenvalue weighted by Crippen LogP contribution is 2.41. The fourth-order valence-corrected chi connectivity index (χ4v) is 3.09. The van der Waals surface area contributed by atoms with Gasteiger partial charge in [-0.1, -0.05) is 33.3 Å². The summed E-state index contributed by atoms with van der Waals surface area (Å²) in [5.41, 5.74) is 0. The van der Waals surface area contributed by atoms with Crippen molar-refractivity contribution in [3.8, 4) is 0 Å². The minimum Gasteiger partial charge on any atom is -0.463 e. The third-order valence-electron chi connectivity index (χ3n) is 4.43. The number of hydrogen-bond donors (Lipinski definition) is 0. The Labute approximate surface area is 120 Å². The number of ether oxygens (including phenoxy) is 2. The molecule has 5 unspecified atom stereocenters. The molecule has 0 aromatic carbocycles. The quantitative estimate of drug-likeness (QED) is 0.441. The van der Waals surface area contributed by atoms with Crippen LogP contribution >= 0.6 is 0 Å². The molecule has 0 spiro atoms. The van der Waals surface area contributed by atoms with Crippen LogP contribution < -0.4 is 0 Å². The van der Waals surface area contributed by atoms with Crippen molar-refractivity contribution >= 4 is 11.8 Å². The van der Waals surface area contributed by atoms with Crippen molar-refractivity contribution < 1.29 is 19.1 Å². The standard InChI is InChI=1S/C16H24O4/c1-4-5-8-19-14(17)7-6-12-9-13-10(2)15(18)11(3)16(12)20-13/h6-7,10-13,16H,4-5,8-9H2,1-3H3/b7-6+. The van der Waals surface area contributed by atoms with Gasteiger partial charge in [-0.15, -0.1) is 0 Å². The van der Waals surface area contributed by atoms with Gasteiger partial charge < -0.3 is 9.47 Å². The minimum absolute atomic E-state index is 0.00876. The van der Waals surface area contributed by atoms with E-state index in [0.717, 1.165) is 19.3 Å². The molecule has 0 aromatic rings. The SMILES string of the molecule is CCCCOC(=O)/C=C/C1CC2OC1C(C)C(=O)C2C. The lowest BCUT2D eigenvalue weighted by atomic mass is 9.87. The molecule has 2 saturated heterocycles. The molecular weight excluding hydrogens is 256 g/mol. The van der Waals surface area contributed by atoms with Gasteiger partial charge in [0.2, 0.25) is 0 Å². The van der Waals surface area contributed by atoms with Crippen LogP contribution in [0.15, 0.2) is 12.2 Å². The molecule has 0 aliphatic carbocycles. The van der Waals surface area contributed by atoms with E-state index < -0.39 is 0 Å². The molecule has 2 bridgehead atoms. The Kier molecular flexibility index (Phi) is 4.97. The van der Waals surface area contributed by atoms with E-state index >= 15 is 0 Å². The second-order valence-corrected chi connectivity index (χ2v) is 5.90. The average Bonchev–Trinajstić information content (AvgIpc) is 2.83. The number of carbonyl (C=O) groups excluding carboxylic acids is 2. The molecular formula is C16H24O4. The van der Waals surface area contributed by atoms with Crippen LogP contribution in [0.5, 0.6) is 0 Å². The van der Waals surface area contributed by atoms with E-state index in [1.54, 1.807) is 0 Å². The van der Waals surface area contributed by atoms with Gasteiger partial charge in [0.05, 0.1) is 18.8 Å².